The molecule has 0 spiro atoms. The van der Waals surface area contributed by atoms with Crippen LogP contribution < -0.4 is 10.6 Å². The van der Waals surface area contributed by atoms with Gasteiger partial charge in [-0.1, -0.05) is 17.4 Å². The van der Waals surface area contributed by atoms with Gasteiger partial charge < -0.3 is 9.88 Å². The van der Waals surface area contributed by atoms with Crippen molar-refractivity contribution in [2.75, 3.05) is 17.7 Å². The van der Waals surface area contributed by atoms with Gasteiger partial charge in [-0.05, 0) is 18.2 Å². The highest BCUT2D eigenvalue weighted by molar-refractivity contribution is 7.22. The molecule has 3 heterocycles. The number of nitrogens with zero attached hydrogens (tertiary/aromatic N) is 5. The van der Waals surface area contributed by atoms with E-state index in [-0.39, 0.29) is 5.91 Å². The van der Waals surface area contributed by atoms with Gasteiger partial charge in [-0.3, -0.25) is 10.1 Å². The molecule has 0 aliphatic carbocycles. The van der Waals surface area contributed by atoms with E-state index in [4.69, 9.17) is 5.26 Å². The number of carbonyl (C=O) groups is 1. The van der Waals surface area contributed by atoms with Crippen molar-refractivity contribution < 1.29 is 4.79 Å². The van der Waals surface area contributed by atoms with Gasteiger partial charge in [-0.15, -0.1) is 0 Å². The molecule has 0 fully saturated rings. The molecule has 0 aliphatic rings. The van der Waals surface area contributed by atoms with Crippen molar-refractivity contribution in [1.29, 1.82) is 5.26 Å². The van der Waals surface area contributed by atoms with Gasteiger partial charge in [0.2, 0.25) is 0 Å². The Labute approximate surface area is 152 Å². The van der Waals surface area contributed by atoms with Crippen LogP contribution in [0.1, 0.15) is 15.9 Å². The highest BCUT2D eigenvalue weighted by atomic mass is 32.1. The zero-order valence-corrected chi connectivity index (χ0v) is 14.8. The Bertz CT molecular complexity index is 1200. The van der Waals surface area contributed by atoms with Crippen LogP contribution >= 0.6 is 11.3 Å². The summed E-state index contributed by atoms with van der Waals surface area (Å²) in [5.74, 6) is 0.340. The monoisotopic (exact) mass is 363 g/mol. The standard InChI is InChI=1S/C17H13N7OS/c1-19-14-11-13(24(2)8-20-11)12-16(22-14)26-17(21-12)23-15(25)10-5-3-4-9(6-10)7-18/h3-6,8H,1-2H3,(H,19,22)(H,21,23,25). The van der Waals surface area contributed by atoms with Gasteiger partial charge in [-0.2, -0.15) is 5.26 Å². The van der Waals surface area contributed by atoms with E-state index in [1.54, 1.807) is 37.6 Å². The van der Waals surface area contributed by atoms with Crippen molar-refractivity contribution >= 4 is 49.6 Å². The number of aromatic nitrogens is 4. The molecule has 3 aromatic heterocycles. The Hall–Kier alpha value is -3.51. The van der Waals surface area contributed by atoms with E-state index >= 15 is 0 Å². The first-order chi connectivity index (χ1) is 12.6. The number of anilines is 2. The molecule has 0 unspecified atom stereocenters. The molecular weight excluding hydrogens is 350 g/mol. The van der Waals surface area contributed by atoms with Crippen LogP contribution in [-0.4, -0.2) is 32.5 Å². The Morgan fingerprint density at radius 2 is 2.15 bits per heavy atom. The minimum atomic E-state index is -0.323. The topological polar surface area (TPSA) is 109 Å². The molecule has 0 bridgehead atoms. The molecule has 9 heteroatoms. The average molecular weight is 363 g/mol. The first-order valence-corrected chi connectivity index (χ1v) is 8.53. The van der Waals surface area contributed by atoms with Gasteiger partial charge in [0.1, 0.15) is 21.4 Å². The number of hydrogen-bond donors (Lipinski definition) is 2. The smallest absolute Gasteiger partial charge is 0.257 e. The van der Waals surface area contributed by atoms with Gasteiger partial charge in [0.25, 0.3) is 5.91 Å². The second-order valence-corrected chi connectivity index (χ2v) is 6.56. The molecule has 0 radical (unpaired) electrons. The van der Waals surface area contributed by atoms with Gasteiger partial charge in [0, 0.05) is 19.7 Å². The third kappa shape index (κ3) is 2.53. The average Bonchev–Trinajstić information content (AvgIpc) is 3.23. The Morgan fingerprint density at radius 3 is 2.92 bits per heavy atom. The highest BCUT2D eigenvalue weighted by Gasteiger charge is 2.17. The fourth-order valence-corrected chi connectivity index (χ4v) is 3.55. The van der Waals surface area contributed by atoms with Crippen LogP contribution in [0.25, 0.3) is 21.4 Å². The number of nitrogens with one attached hydrogen (secondary N) is 2. The lowest BCUT2D eigenvalue weighted by Crippen LogP contribution is -2.11. The molecule has 4 rings (SSSR count). The van der Waals surface area contributed by atoms with Crippen LogP contribution in [-0.2, 0) is 7.05 Å². The van der Waals surface area contributed by atoms with Gasteiger partial charge >= 0.3 is 0 Å². The molecular formula is C17H13N7OS. The van der Waals surface area contributed by atoms with Gasteiger partial charge in [0.05, 0.1) is 18.0 Å². The Kier molecular flexibility index (Phi) is 3.74. The Morgan fingerprint density at radius 1 is 1.31 bits per heavy atom. The van der Waals surface area contributed by atoms with Gasteiger partial charge in [-0.25, -0.2) is 15.0 Å². The molecule has 0 saturated carbocycles. The molecule has 0 aliphatic heterocycles. The zero-order chi connectivity index (χ0) is 18.3. The number of carbonyl (C=O) groups excluding carboxylic acids is 1. The van der Waals surface area contributed by atoms with Crippen molar-refractivity contribution in [2.24, 2.45) is 7.05 Å². The number of aryl methyl sites for hydroxylation is 1. The van der Waals surface area contributed by atoms with Crippen LogP contribution in [0.5, 0.6) is 0 Å². The van der Waals surface area contributed by atoms with Crippen molar-refractivity contribution in [3.05, 3.63) is 41.7 Å². The minimum Gasteiger partial charge on any atom is -0.371 e. The number of hydrogen-bond acceptors (Lipinski definition) is 7. The normalized spacial score (nSPS) is 10.8. The maximum absolute atomic E-state index is 12.5. The maximum atomic E-state index is 12.5. The summed E-state index contributed by atoms with van der Waals surface area (Å²) < 4.78 is 1.88. The van der Waals surface area contributed by atoms with Crippen LogP contribution in [0.15, 0.2) is 30.6 Å². The third-order valence-corrected chi connectivity index (χ3v) is 4.78. The predicted molar refractivity (Wildman–Crippen MR) is 100 cm³/mol. The van der Waals surface area contributed by atoms with Crippen molar-refractivity contribution in [1.82, 2.24) is 19.5 Å². The summed E-state index contributed by atoms with van der Waals surface area (Å²) in [7, 11) is 3.67. The largest absolute Gasteiger partial charge is 0.371 e. The number of benzene rings is 1. The van der Waals surface area contributed by atoms with Crippen molar-refractivity contribution in [3.63, 3.8) is 0 Å². The number of rotatable bonds is 3. The second-order valence-electron chi connectivity index (χ2n) is 5.58. The molecule has 1 aromatic carbocycles. The van der Waals surface area contributed by atoms with E-state index in [0.29, 0.717) is 32.4 Å². The summed E-state index contributed by atoms with van der Waals surface area (Å²) >= 11 is 1.29. The zero-order valence-electron chi connectivity index (χ0n) is 13.9. The lowest BCUT2D eigenvalue weighted by molar-refractivity contribution is 0.102. The second kappa shape index (κ2) is 6.09. The summed E-state index contributed by atoms with van der Waals surface area (Å²) in [4.78, 5) is 26.6. The van der Waals surface area contributed by atoms with Gasteiger partial charge in [0.15, 0.2) is 10.9 Å². The molecule has 26 heavy (non-hydrogen) atoms. The van der Waals surface area contributed by atoms with Crippen molar-refractivity contribution in [3.8, 4) is 6.07 Å². The van der Waals surface area contributed by atoms with E-state index in [1.165, 1.54) is 11.3 Å². The van der Waals surface area contributed by atoms with E-state index in [9.17, 15) is 4.79 Å². The molecule has 2 N–H and O–H groups in total. The molecule has 0 saturated heterocycles. The third-order valence-electron chi connectivity index (χ3n) is 3.92. The number of nitriles is 1. The van der Waals surface area contributed by atoms with Crippen LogP contribution in [0, 0.1) is 11.3 Å². The molecule has 8 nitrogen and oxygen atoms in total. The van der Waals surface area contributed by atoms with Crippen LogP contribution in [0.4, 0.5) is 10.9 Å². The molecule has 1 amide bonds. The first-order valence-electron chi connectivity index (χ1n) is 7.71. The Balaban J connectivity index is 1.76. The number of amides is 1. The lowest BCUT2D eigenvalue weighted by atomic mass is 10.1. The highest BCUT2D eigenvalue weighted by Crippen LogP contribution is 2.33. The summed E-state index contributed by atoms with van der Waals surface area (Å²) in [5.41, 5.74) is 3.09. The summed E-state index contributed by atoms with van der Waals surface area (Å²) in [6.45, 7) is 0. The van der Waals surface area contributed by atoms with Crippen LogP contribution in [0.3, 0.4) is 0 Å². The summed E-state index contributed by atoms with van der Waals surface area (Å²) in [6.07, 6.45) is 1.71. The minimum absolute atomic E-state index is 0.323. The van der Waals surface area contributed by atoms with Crippen molar-refractivity contribution in [2.45, 2.75) is 0 Å². The predicted octanol–water partition coefficient (Wildman–Crippen LogP) is 2.74. The SMILES string of the molecule is CNc1nc2sc(NC(=O)c3cccc(C#N)c3)nc2c2c1ncn2C. The van der Waals surface area contributed by atoms with E-state index in [1.807, 2.05) is 17.7 Å². The quantitative estimate of drug-likeness (QED) is 0.579. The fourth-order valence-electron chi connectivity index (χ4n) is 2.71. The summed E-state index contributed by atoms with van der Waals surface area (Å²) in [5, 5.41) is 15.2. The fraction of sp³-hybridized carbons (Fsp3) is 0.118. The molecule has 0 atom stereocenters. The number of fused-ring (bicyclic) bond motifs is 3. The number of thiazole rings is 1. The van der Waals surface area contributed by atoms with E-state index < -0.39 is 0 Å². The summed E-state index contributed by atoms with van der Waals surface area (Å²) in [6, 6.07) is 8.54. The lowest BCUT2D eigenvalue weighted by Gasteiger charge is -2.01. The molecule has 128 valence electrons. The van der Waals surface area contributed by atoms with Crippen LogP contribution in [0.2, 0.25) is 0 Å². The van der Waals surface area contributed by atoms with E-state index in [0.717, 1.165) is 11.0 Å². The molecule has 4 aromatic rings. The maximum Gasteiger partial charge on any atom is 0.257 e. The first kappa shape index (κ1) is 16.0. The number of imidazole rings is 1. The number of pyridine rings is 1. The van der Waals surface area contributed by atoms with E-state index in [2.05, 4.69) is 25.6 Å².